The molecule has 2 saturated carbocycles. The van der Waals surface area contributed by atoms with Gasteiger partial charge in [-0.15, -0.1) is 0 Å². The van der Waals surface area contributed by atoms with E-state index in [9.17, 15) is 38.4 Å². The highest BCUT2D eigenvalue weighted by atomic mass is 28.3. The molecule has 11 rings (SSSR count). The number of benzene rings is 6. The van der Waals surface area contributed by atoms with Crippen LogP contribution < -0.4 is 10.4 Å². The van der Waals surface area contributed by atoms with E-state index >= 15 is 0 Å². The van der Waals surface area contributed by atoms with Crippen LogP contribution in [0.2, 0.25) is 11.0 Å². The predicted molar refractivity (Wildman–Crippen MR) is 239 cm³/mol. The molecule has 6 aromatic carbocycles. The summed E-state index contributed by atoms with van der Waals surface area (Å²) in [7, 11) is -9.03. The van der Waals surface area contributed by atoms with Gasteiger partial charge in [-0.25, -0.2) is 0 Å². The van der Waals surface area contributed by atoms with Crippen LogP contribution in [-0.2, 0) is 0 Å². The van der Waals surface area contributed by atoms with Crippen LogP contribution in [0.25, 0.3) is 66.9 Å². The summed E-state index contributed by atoms with van der Waals surface area (Å²) in [6.07, 6.45) is -51.9. The minimum atomic E-state index is -9.03. The minimum absolute atomic E-state index is 0.401. The Labute approximate surface area is 401 Å². The van der Waals surface area contributed by atoms with E-state index in [1.165, 1.54) is 0 Å². The lowest BCUT2D eigenvalue weighted by molar-refractivity contribution is 0.459. The monoisotopic (exact) mass is 805 g/mol. The van der Waals surface area contributed by atoms with Gasteiger partial charge >= 0.3 is 0 Å². The molecule has 0 atom stereocenters. The second kappa shape index (κ2) is 14.3. The molecular formula is C51H47N5Si. The summed E-state index contributed by atoms with van der Waals surface area (Å²) in [5.74, 6) is -4.57. The van der Waals surface area contributed by atoms with Crippen molar-refractivity contribution in [1.29, 1.82) is 0 Å². The fourth-order valence-electron chi connectivity index (χ4n) is 6.61. The molecular weight excluding hydrogens is 711 g/mol. The Kier molecular flexibility index (Phi) is 2.75. The van der Waals surface area contributed by atoms with Crippen LogP contribution >= 0.6 is 0 Å². The maximum atomic E-state index is 11.0. The first-order valence-electron chi connectivity index (χ1n) is 39.9. The van der Waals surface area contributed by atoms with E-state index in [1.54, 1.807) is 0 Å². The molecule has 0 amide bonds. The molecule has 0 N–H and O–H groups in total. The molecule has 9 aromatic rings. The maximum absolute atomic E-state index is 11.0. The quantitative estimate of drug-likeness (QED) is 0.151. The Bertz CT molecular complexity index is 4920. The number of aromatic nitrogens is 5. The molecule has 0 spiro atoms. The van der Waals surface area contributed by atoms with E-state index < -0.39 is 311 Å². The van der Waals surface area contributed by atoms with E-state index in [1.807, 2.05) is 0 Å². The number of hydrogen-bond acceptors (Lipinski definition) is 3. The summed E-state index contributed by atoms with van der Waals surface area (Å²) in [4.78, 5) is 13.1. The van der Waals surface area contributed by atoms with Crippen LogP contribution in [0.4, 0.5) is 0 Å². The Hall–Kier alpha value is -5.85. The summed E-state index contributed by atoms with van der Waals surface area (Å²) in [6.45, 7) is 0. The van der Waals surface area contributed by atoms with Gasteiger partial charge in [0.2, 0.25) is 11.9 Å². The van der Waals surface area contributed by atoms with Crippen LogP contribution in [0, 0.1) is 0 Å². The SMILES string of the molecule is [2H]c1c([2H])c([2H])c([Si](c2c([2H])c([2H])c([2H])c(-c3nc(-n4c5c([2H])c([2H])c([2H])c([2H])c5c5c([2H])c([2H])c([2H])c([2H])c54)nc(-n4c5c([2H])c([2H])c([2H])c([2H])c5c5c([2H])c([2H])c([2H])c([2H])c54)n3)c2[2H])(C2([2H])C([2H])([2H])C([2H])([2H])C([2H])([2H])C([2H])([2H])C2([2H])[2H])C2([2H])C([2H])([2H])C([2H])([2H])C([2H])([2H])C([2H])([2H])C2([2H])[2H])c([2H])c1[2H]. The van der Waals surface area contributed by atoms with Crippen molar-refractivity contribution in [2.75, 3.05) is 0 Å². The predicted octanol–water partition coefficient (Wildman–Crippen LogP) is 12.0. The number of hydrogen-bond donors (Lipinski definition) is 0. The van der Waals surface area contributed by atoms with Gasteiger partial charge in [-0.1, -0.05) is 201 Å². The van der Waals surface area contributed by atoms with E-state index in [-0.39, 0.29) is 0 Å². The normalized spacial score (nSPS) is 37.7. The molecule has 2 fully saturated rings. The van der Waals surface area contributed by atoms with E-state index in [0.29, 0.717) is 9.13 Å². The van der Waals surface area contributed by atoms with E-state index in [2.05, 4.69) is 15.0 Å². The van der Waals surface area contributed by atoms with Gasteiger partial charge in [0.15, 0.2) is 5.82 Å². The van der Waals surface area contributed by atoms with Gasteiger partial charge in [-0.05, 0) is 35.2 Å². The minimum Gasteiger partial charge on any atom is -0.278 e. The fourth-order valence-corrected chi connectivity index (χ4v) is 10.2. The maximum Gasteiger partial charge on any atom is 0.240 e. The van der Waals surface area contributed by atoms with Crippen molar-refractivity contribution in [3.8, 4) is 23.3 Å². The average molecular weight is 805 g/mol. The van der Waals surface area contributed by atoms with E-state index in [4.69, 9.17) is 26.0 Å². The second-order valence-corrected chi connectivity index (χ2v) is 15.3. The summed E-state index contributed by atoms with van der Waals surface area (Å²) in [5, 5.41) is -8.15. The summed E-state index contributed by atoms with van der Waals surface area (Å²) >= 11 is 0. The van der Waals surface area contributed by atoms with Crippen molar-refractivity contribution >= 4 is 62.1 Å². The first-order valence-corrected chi connectivity index (χ1v) is 18.4. The molecule has 0 saturated heterocycles. The largest absolute Gasteiger partial charge is 0.278 e. The smallest absolute Gasteiger partial charge is 0.240 e. The Morgan fingerprint density at radius 2 is 0.860 bits per heavy atom. The zero-order chi connectivity index (χ0) is 79.3. The molecule has 280 valence electrons. The van der Waals surface area contributed by atoms with Crippen LogP contribution in [0.15, 0.2) is 151 Å². The van der Waals surface area contributed by atoms with Crippen molar-refractivity contribution in [2.24, 2.45) is 0 Å². The van der Waals surface area contributed by atoms with Crippen molar-refractivity contribution in [2.45, 2.75) is 74.8 Å². The molecule has 0 radical (unpaired) electrons. The van der Waals surface area contributed by atoms with Gasteiger partial charge in [0.1, 0.15) is 8.07 Å². The number of fused-ring (bicyclic) bond motifs is 6. The first-order chi connectivity index (χ1) is 47.0. The number of nitrogens with zero attached hydrogens (tertiary/aromatic N) is 5. The fraction of sp³-hybridized carbons (Fsp3) is 0.235. The lowest BCUT2D eigenvalue weighted by Crippen LogP contribution is -2.65. The van der Waals surface area contributed by atoms with Crippen LogP contribution in [0.5, 0.6) is 0 Å². The summed E-state index contributed by atoms with van der Waals surface area (Å²) in [5.41, 5.74) is -17.3. The first kappa shape index (κ1) is 11.0. The Morgan fingerprint density at radius 3 is 1.32 bits per heavy atom. The average Bonchev–Trinajstić information content (AvgIpc) is 0.727. The number of rotatable bonds is 7. The van der Waals surface area contributed by atoms with Crippen molar-refractivity contribution in [3.05, 3.63) is 151 Å². The topological polar surface area (TPSA) is 48.5 Å². The second-order valence-electron chi connectivity index (χ2n) is 11.8. The van der Waals surface area contributed by atoms with E-state index in [0.717, 1.165) is 0 Å². The van der Waals surface area contributed by atoms with Crippen molar-refractivity contribution < 1.29 is 64.4 Å². The van der Waals surface area contributed by atoms with Crippen molar-refractivity contribution in [1.82, 2.24) is 24.1 Å². The van der Waals surface area contributed by atoms with Gasteiger partial charge in [0.25, 0.3) is 0 Å². The Balaban J connectivity index is 1.55. The van der Waals surface area contributed by atoms with Gasteiger partial charge in [0, 0.05) is 57.3 Å². The molecule has 3 aromatic heterocycles. The molecule has 0 aliphatic heterocycles. The third kappa shape index (κ3) is 5.59. The third-order valence-corrected chi connectivity index (χ3v) is 12.9. The van der Waals surface area contributed by atoms with Crippen molar-refractivity contribution in [3.63, 3.8) is 0 Å². The molecule has 6 heteroatoms. The van der Waals surface area contributed by atoms with Gasteiger partial charge < -0.3 is 0 Å². The lowest BCUT2D eigenvalue weighted by atomic mass is 9.99. The summed E-state index contributed by atoms with van der Waals surface area (Å²) < 4.78 is 443. The van der Waals surface area contributed by atoms with Gasteiger partial charge in [-0.2, -0.15) is 15.0 Å². The molecule has 0 bridgehead atoms. The lowest BCUT2D eigenvalue weighted by Gasteiger charge is -2.48. The molecule has 5 nitrogen and oxygen atoms in total. The summed E-state index contributed by atoms with van der Waals surface area (Å²) in [6, 6.07) is -36.3. The molecule has 2 aliphatic carbocycles. The molecule has 2 aliphatic rings. The third-order valence-electron chi connectivity index (χ3n) is 8.93. The molecule has 3 heterocycles. The Morgan fingerprint density at radius 1 is 0.456 bits per heavy atom. The van der Waals surface area contributed by atoms with Crippen LogP contribution in [0.1, 0.15) is 128 Å². The van der Waals surface area contributed by atoms with Gasteiger partial charge in [-0.3, -0.25) is 9.13 Å². The van der Waals surface area contributed by atoms with Gasteiger partial charge in [0.05, 0.1) is 56.3 Å². The zero-order valence-electron chi connectivity index (χ0n) is 75.2. The highest BCUT2D eigenvalue weighted by Crippen LogP contribution is 2.48. The molecule has 57 heavy (non-hydrogen) atoms. The van der Waals surface area contributed by atoms with Crippen LogP contribution in [0.3, 0.4) is 0 Å². The zero-order valence-corrected chi connectivity index (χ0v) is 29.2. The molecule has 0 unspecified atom stereocenters. The highest BCUT2D eigenvalue weighted by Gasteiger charge is 2.50. The number of para-hydroxylation sites is 4. The highest BCUT2D eigenvalue weighted by molar-refractivity contribution is 7.04. The standard InChI is InChI=1S/C51H47N5Si/c1-4-20-37(21-5-1)57(38-22-6-2-7-23-38,39-24-8-3-9-25-39)40-26-18-19-36(35-40)49-52-50(55-45-31-14-10-27-41(45)42-28-11-15-32-46(42)55)54-51(53-49)56-47-33-16-12-29-43(47)44-30-13-17-34-48(44)56/h1,4-5,10-21,26-35,38-39H,2-3,6-9,22-25H2/i1D,2D2,3D2,4D,5D,6D2,7D2,8D2,9D2,10D,11D,12D,13D,14D,15D,16D,17D,18D,19D,20D,21D,22D2,23D2,24D2,25D2,26D,27D,28D,29D,30D,31D,32D,33D,34D,35D,38D,39D. The van der Waals surface area contributed by atoms with Crippen LogP contribution in [-0.4, -0.2) is 32.2 Å².